The lowest BCUT2D eigenvalue weighted by molar-refractivity contribution is -0.385. The van der Waals surface area contributed by atoms with Crippen LogP contribution in [0.3, 0.4) is 0 Å². The van der Waals surface area contributed by atoms with Gasteiger partial charge in [0.1, 0.15) is 6.54 Å². The van der Waals surface area contributed by atoms with Gasteiger partial charge in [-0.25, -0.2) is 5.43 Å². The van der Waals surface area contributed by atoms with Gasteiger partial charge in [0, 0.05) is 17.2 Å². The number of non-ortho nitro benzene ring substituents is 1. The maximum Gasteiger partial charge on any atom is 0.274 e. The number of amides is 1. The Morgan fingerprint density at radius 1 is 1.37 bits per heavy atom. The number of tetrazole rings is 1. The van der Waals surface area contributed by atoms with Gasteiger partial charge in [-0.1, -0.05) is 30.3 Å². The van der Waals surface area contributed by atoms with Crippen LogP contribution in [-0.2, 0) is 11.3 Å². The smallest absolute Gasteiger partial charge is 0.274 e. The Hall–Kier alpha value is -4.35. The average Bonchev–Trinajstić information content (AvgIpc) is 3.19. The maximum atomic E-state index is 12.0. The van der Waals surface area contributed by atoms with E-state index in [0.29, 0.717) is 5.82 Å². The Morgan fingerprint density at radius 2 is 2.13 bits per heavy atom. The van der Waals surface area contributed by atoms with Crippen molar-refractivity contribution in [1.82, 2.24) is 25.6 Å². The fraction of sp³-hybridized carbons (Fsp3) is 0.167. The number of phenols is 1. The number of hydrogen-bond acceptors (Lipinski definition) is 9. The van der Waals surface area contributed by atoms with Crippen molar-refractivity contribution in [2.75, 3.05) is 6.61 Å². The summed E-state index contributed by atoms with van der Waals surface area (Å²) < 4.78 is 5.18. The molecule has 12 heteroatoms. The molecule has 2 aromatic carbocycles. The van der Waals surface area contributed by atoms with Crippen molar-refractivity contribution in [3.05, 3.63) is 58.1 Å². The van der Waals surface area contributed by atoms with E-state index in [-0.39, 0.29) is 35.9 Å². The molecule has 1 heterocycles. The molecule has 12 nitrogen and oxygen atoms in total. The Bertz CT molecular complexity index is 1080. The second-order valence-corrected chi connectivity index (χ2v) is 5.87. The first-order valence-electron chi connectivity index (χ1n) is 8.77. The van der Waals surface area contributed by atoms with Gasteiger partial charge in [0.25, 0.3) is 11.6 Å². The van der Waals surface area contributed by atoms with Gasteiger partial charge in [-0.15, -0.1) is 10.2 Å². The Labute approximate surface area is 169 Å². The number of nitrogens with zero attached hydrogens (tertiary/aromatic N) is 6. The van der Waals surface area contributed by atoms with Crippen LogP contribution in [0.1, 0.15) is 12.5 Å². The van der Waals surface area contributed by atoms with Crippen molar-refractivity contribution in [3.63, 3.8) is 0 Å². The highest BCUT2D eigenvalue weighted by atomic mass is 16.6. The standard InChI is InChI=1S/C18H17N7O5/c1-2-30-15-9-14(25(28)29)8-13(17(15)27)10-19-20-16(26)11-24-22-18(21-23-24)12-6-4-3-5-7-12/h3-10,27H,2,11H2,1H3,(H,20,26). The Kier molecular flexibility index (Phi) is 6.27. The zero-order valence-corrected chi connectivity index (χ0v) is 15.8. The molecule has 0 unspecified atom stereocenters. The van der Waals surface area contributed by atoms with Crippen LogP contribution in [0, 0.1) is 10.1 Å². The van der Waals surface area contributed by atoms with Crippen LogP contribution in [0.2, 0.25) is 0 Å². The monoisotopic (exact) mass is 411 g/mol. The van der Waals surface area contributed by atoms with Gasteiger partial charge in [0.15, 0.2) is 11.5 Å². The maximum absolute atomic E-state index is 12.0. The first kappa shape index (κ1) is 20.4. The fourth-order valence-electron chi connectivity index (χ4n) is 2.43. The number of ether oxygens (including phenoxy) is 1. The minimum atomic E-state index is -0.626. The van der Waals surface area contributed by atoms with Crippen molar-refractivity contribution in [1.29, 1.82) is 0 Å². The molecule has 0 fully saturated rings. The van der Waals surface area contributed by atoms with Crippen LogP contribution >= 0.6 is 0 Å². The van der Waals surface area contributed by atoms with Crippen molar-refractivity contribution < 1.29 is 19.6 Å². The highest BCUT2D eigenvalue weighted by Crippen LogP contribution is 2.33. The second-order valence-electron chi connectivity index (χ2n) is 5.87. The predicted molar refractivity (Wildman–Crippen MR) is 105 cm³/mol. The zero-order valence-electron chi connectivity index (χ0n) is 15.8. The minimum absolute atomic E-state index is 0.0122. The van der Waals surface area contributed by atoms with Gasteiger partial charge >= 0.3 is 0 Å². The Morgan fingerprint density at radius 3 is 2.83 bits per heavy atom. The number of benzene rings is 2. The lowest BCUT2D eigenvalue weighted by Crippen LogP contribution is -2.24. The quantitative estimate of drug-likeness (QED) is 0.321. The van der Waals surface area contributed by atoms with Crippen LogP contribution in [0.15, 0.2) is 47.6 Å². The molecule has 0 aliphatic carbocycles. The van der Waals surface area contributed by atoms with E-state index in [2.05, 4.69) is 25.9 Å². The van der Waals surface area contributed by atoms with Crippen molar-refractivity contribution in [3.8, 4) is 22.9 Å². The molecule has 0 spiro atoms. The molecule has 0 atom stereocenters. The van der Waals surface area contributed by atoms with E-state index in [9.17, 15) is 20.0 Å². The summed E-state index contributed by atoms with van der Waals surface area (Å²) in [6.45, 7) is 1.63. The minimum Gasteiger partial charge on any atom is -0.504 e. The van der Waals surface area contributed by atoms with Gasteiger partial charge < -0.3 is 9.84 Å². The van der Waals surface area contributed by atoms with E-state index in [4.69, 9.17) is 4.74 Å². The topological polar surface area (TPSA) is 158 Å². The SMILES string of the molecule is CCOc1cc([N+](=O)[O-])cc(C=NNC(=O)Cn2nnc(-c3ccccc3)n2)c1O. The number of hydrazone groups is 1. The molecule has 0 aliphatic heterocycles. The molecular weight excluding hydrogens is 394 g/mol. The molecule has 3 aromatic rings. The average molecular weight is 411 g/mol. The van der Waals surface area contributed by atoms with Crippen molar-refractivity contribution >= 4 is 17.8 Å². The van der Waals surface area contributed by atoms with Gasteiger partial charge in [-0.3, -0.25) is 14.9 Å². The van der Waals surface area contributed by atoms with E-state index in [0.717, 1.165) is 28.7 Å². The van der Waals surface area contributed by atoms with E-state index in [1.165, 1.54) is 0 Å². The molecule has 0 aliphatic rings. The molecule has 30 heavy (non-hydrogen) atoms. The summed E-state index contributed by atoms with van der Waals surface area (Å²) in [6.07, 6.45) is 1.08. The number of carbonyl (C=O) groups excluding carboxylic acids is 1. The van der Waals surface area contributed by atoms with E-state index < -0.39 is 10.8 Å². The molecule has 0 saturated carbocycles. The number of aromatic hydroxyl groups is 1. The molecule has 0 saturated heterocycles. The summed E-state index contributed by atoms with van der Waals surface area (Å²) in [4.78, 5) is 23.5. The summed E-state index contributed by atoms with van der Waals surface area (Å²) in [6, 6.07) is 11.4. The second kappa shape index (κ2) is 9.23. The Balaban J connectivity index is 1.66. The molecule has 1 amide bonds. The molecule has 1 aromatic heterocycles. The normalized spacial score (nSPS) is 10.8. The number of rotatable bonds is 8. The molecule has 2 N–H and O–H groups in total. The molecule has 3 rings (SSSR count). The van der Waals surface area contributed by atoms with Crippen LogP contribution in [0.25, 0.3) is 11.4 Å². The highest BCUT2D eigenvalue weighted by molar-refractivity contribution is 5.87. The summed E-state index contributed by atoms with van der Waals surface area (Å²) in [5.41, 5.74) is 2.72. The molecular formula is C18H17N7O5. The molecule has 0 bridgehead atoms. The van der Waals surface area contributed by atoms with E-state index >= 15 is 0 Å². The lowest BCUT2D eigenvalue weighted by atomic mass is 10.1. The van der Waals surface area contributed by atoms with Crippen molar-refractivity contribution in [2.24, 2.45) is 5.10 Å². The van der Waals surface area contributed by atoms with Gasteiger partial charge in [0.05, 0.1) is 23.8 Å². The number of nitrogens with one attached hydrogen (secondary N) is 1. The number of hydrogen-bond donors (Lipinski definition) is 2. The number of nitro benzene ring substituents is 1. The number of carbonyl (C=O) groups is 1. The van der Waals surface area contributed by atoms with Crippen LogP contribution < -0.4 is 10.2 Å². The molecule has 0 radical (unpaired) electrons. The van der Waals surface area contributed by atoms with Crippen LogP contribution in [0.5, 0.6) is 11.5 Å². The third kappa shape index (κ3) is 4.92. The fourth-order valence-corrected chi connectivity index (χ4v) is 2.43. The van der Waals surface area contributed by atoms with Crippen molar-refractivity contribution in [2.45, 2.75) is 13.5 Å². The summed E-state index contributed by atoms with van der Waals surface area (Å²) in [7, 11) is 0. The summed E-state index contributed by atoms with van der Waals surface area (Å²) >= 11 is 0. The first-order chi connectivity index (χ1) is 14.5. The third-order valence-corrected chi connectivity index (χ3v) is 3.76. The van der Waals surface area contributed by atoms with Crippen LogP contribution in [0.4, 0.5) is 5.69 Å². The lowest BCUT2D eigenvalue weighted by Gasteiger charge is -2.07. The summed E-state index contributed by atoms with van der Waals surface area (Å²) in [5.74, 6) is -0.569. The third-order valence-electron chi connectivity index (χ3n) is 3.76. The number of phenolic OH excluding ortho intramolecular Hbond substituents is 1. The highest BCUT2D eigenvalue weighted by Gasteiger charge is 2.16. The number of nitro groups is 1. The number of aromatic nitrogens is 4. The van der Waals surface area contributed by atoms with Gasteiger partial charge in [-0.2, -0.15) is 9.90 Å². The van der Waals surface area contributed by atoms with Crippen LogP contribution in [-0.4, -0.2) is 49.0 Å². The van der Waals surface area contributed by atoms with Gasteiger partial charge in [0.2, 0.25) is 5.82 Å². The van der Waals surface area contributed by atoms with Gasteiger partial charge in [-0.05, 0) is 12.1 Å². The van der Waals surface area contributed by atoms with E-state index in [1.54, 1.807) is 6.92 Å². The van der Waals surface area contributed by atoms with E-state index in [1.807, 2.05) is 30.3 Å². The first-order valence-corrected chi connectivity index (χ1v) is 8.77. The molecule has 154 valence electrons. The largest absolute Gasteiger partial charge is 0.504 e. The summed E-state index contributed by atoms with van der Waals surface area (Å²) in [5, 5.41) is 36.7. The predicted octanol–water partition coefficient (Wildman–Crippen LogP) is 1.50. The zero-order chi connectivity index (χ0) is 21.5.